The van der Waals surface area contributed by atoms with Gasteiger partial charge in [0.1, 0.15) is 11.8 Å². The molecule has 0 unspecified atom stereocenters. The Morgan fingerprint density at radius 2 is 2.00 bits per heavy atom. The average Bonchev–Trinajstić information content (AvgIpc) is 2.50. The van der Waals surface area contributed by atoms with Gasteiger partial charge in [-0.1, -0.05) is 30.3 Å². The van der Waals surface area contributed by atoms with Crippen molar-refractivity contribution in [3.63, 3.8) is 0 Å². The Bertz CT molecular complexity index is 612. The second-order valence-electron chi connectivity index (χ2n) is 5.02. The van der Waals surface area contributed by atoms with Crippen molar-refractivity contribution in [2.24, 2.45) is 5.10 Å². The second kappa shape index (κ2) is 6.84. The smallest absolute Gasteiger partial charge is 0.326 e. The first-order chi connectivity index (χ1) is 10.5. The van der Waals surface area contributed by atoms with Gasteiger partial charge in [0.15, 0.2) is 0 Å². The lowest BCUT2D eigenvalue weighted by Crippen LogP contribution is -2.46. The van der Waals surface area contributed by atoms with Crippen LogP contribution in [0.15, 0.2) is 35.4 Å². The zero-order chi connectivity index (χ0) is 16.1. The third kappa shape index (κ3) is 3.91. The fourth-order valence-corrected chi connectivity index (χ4v) is 2.12. The van der Waals surface area contributed by atoms with Crippen molar-refractivity contribution in [2.45, 2.75) is 25.3 Å². The molecular weight excluding hydrogens is 286 g/mol. The van der Waals surface area contributed by atoms with Crippen molar-refractivity contribution in [1.29, 1.82) is 0 Å². The summed E-state index contributed by atoms with van der Waals surface area (Å²) >= 11 is 0. The molecule has 0 radical (unpaired) electrons. The average molecular weight is 303 g/mol. The summed E-state index contributed by atoms with van der Waals surface area (Å²) in [6.45, 7) is 0. The van der Waals surface area contributed by atoms with Gasteiger partial charge in [-0.05, 0) is 5.56 Å². The van der Waals surface area contributed by atoms with Crippen molar-refractivity contribution in [2.75, 3.05) is 7.05 Å². The van der Waals surface area contributed by atoms with E-state index in [4.69, 9.17) is 0 Å². The van der Waals surface area contributed by atoms with E-state index in [1.807, 2.05) is 18.2 Å². The number of aliphatic carboxylic acids is 1. The summed E-state index contributed by atoms with van der Waals surface area (Å²) in [5.41, 5.74) is 0.981. The molecule has 1 atom stereocenters. The highest BCUT2D eigenvalue weighted by molar-refractivity contribution is 6.39. The number of hydrazone groups is 1. The highest BCUT2D eigenvalue weighted by atomic mass is 16.4. The van der Waals surface area contributed by atoms with Crippen molar-refractivity contribution in [3.8, 4) is 0 Å². The zero-order valence-electron chi connectivity index (χ0n) is 12.2. The highest BCUT2D eigenvalue weighted by Gasteiger charge is 2.26. The van der Waals surface area contributed by atoms with E-state index in [0.717, 1.165) is 10.6 Å². The van der Waals surface area contributed by atoms with Crippen LogP contribution in [0.4, 0.5) is 0 Å². The molecule has 2 N–H and O–H groups in total. The van der Waals surface area contributed by atoms with Gasteiger partial charge < -0.3 is 10.4 Å². The minimum Gasteiger partial charge on any atom is -0.480 e. The summed E-state index contributed by atoms with van der Waals surface area (Å²) in [6.07, 6.45) is 0.593. The molecule has 1 aliphatic heterocycles. The molecule has 1 aromatic rings. The fourth-order valence-electron chi connectivity index (χ4n) is 2.12. The second-order valence-corrected chi connectivity index (χ2v) is 5.02. The minimum absolute atomic E-state index is 0.168. The lowest BCUT2D eigenvalue weighted by molar-refractivity contribution is -0.141. The van der Waals surface area contributed by atoms with Crippen LogP contribution in [0.2, 0.25) is 0 Å². The molecule has 0 saturated carbocycles. The van der Waals surface area contributed by atoms with Gasteiger partial charge in [-0.25, -0.2) is 9.80 Å². The number of amides is 2. The summed E-state index contributed by atoms with van der Waals surface area (Å²) in [4.78, 5) is 34.8. The molecule has 2 rings (SSSR count). The summed E-state index contributed by atoms with van der Waals surface area (Å²) in [5.74, 6) is -1.84. The first-order valence-electron chi connectivity index (χ1n) is 6.89. The van der Waals surface area contributed by atoms with Crippen LogP contribution in [0, 0.1) is 0 Å². The van der Waals surface area contributed by atoms with E-state index >= 15 is 0 Å². The number of rotatable bonds is 5. The van der Waals surface area contributed by atoms with Crippen molar-refractivity contribution < 1.29 is 19.5 Å². The van der Waals surface area contributed by atoms with Crippen LogP contribution in [-0.2, 0) is 20.8 Å². The maximum atomic E-state index is 12.1. The van der Waals surface area contributed by atoms with Crippen LogP contribution in [0.3, 0.4) is 0 Å². The molecule has 1 heterocycles. The monoisotopic (exact) mass is 303 g/mol. The summed E-state index contributed by atoms with van der Waals surface area (Å²) < 4.78 is 0. The van der Waals surface area contributed by atoms with Gasteiger partial charge in [0.2, 0.25) is 5.91 Å². The van der Waals surface area contributed by atoms with Crippen molar-refractivity contribution >= 4 is 23.5 Å². The van der Waals surface area contributed by atoms with E-state index in [-0.39, 0.29) is 30.9 Å². The third-order valence-electron chi connectivity index (χ3n) is 3.36. The number of benzene rings is 1. The summed E-state index contributed by atoms with van der Waals surface area (Å²) in [5, 5.41) is 16.7. The van der Waals surface area contributed by atoms with Gasteiger partial charge in [0.05, 0.1) is 0 Å². The molecule has 1 aliphatic rings. The Kier molecular flexibility index (Phi) is 4.88. The van der Waals surface area contributed by atoms with E-state index in [1.54, 1.807) is 12.1 Å². The lowest BCUT2D eigenvalue weighted by atomic mass is 10.1. The number of carbonyl (C=O) groups is 3. The maximum absolute atomic E-state index is 12.1. The number of carbonyl (C=O) groups excluding carboxylic acids is 2. The third-order valence-corrected chi connectivity index (χ3v) is 3.36. The number of carboxylic acid groups (broad SMARTS) is 1. The SMILES string of the molecule is CN1N=C(C(=O)N[C@H](Cc2ccccc2)C(=O)O)CCC1=O. The Morgan fingerprint density at radius 1 is 1.32 bits per heavy atom. The molecule has 7 heteroatoms. The molecule has 116 valence electrons. The van der Waals surface area contributed by atoms with Crippen LogP contribution in [0.1, 0.15) is 18.4 Å². The van der Waals surface area contributed by atoms with E-state index < -0.39 is 17.9 Å². The molecular formula is C15H17N3O4. The van der Waals surface area contributed by atoms with E-state index in [1.165, 1.54) is 7.05 Å². The molecule has 1 aromatic carbocycles. The Morgan fingerprint density at radius 3 is 2.59 bits per heavy atom. The Labute approximate surface area is 127 Å². The van der Waals surface area contributed by atoms with Gasteiger partial charge in [0, 0.05) is 26.3 Å². The predicted molar refractivity (Wildman–Crippen MR) is 79.2 cm³/mol. The Balaban J connectivity index is 2.05. The van der Waals surface area contributed by atoms with Gasteiger partial charge in [-0.2, -0.15) is 5.10 Å². The number of hydrogen-bond donors (Lipinski definition) is 2. The van der Waals surface area contributed by atoms with Crippen LogP contribution < -0.4 is 5.32 Å². The molecule has 2 amide bonds. The molecule has 0 aromatic heterocycles. The van der Waals surface area contributed by atoms with Crippen LogP contribution in [0.5, 0.6) is 0 Å². The van der Waals surface area contributed by atoms with Gasteiger partial charge in [-0.15, -0.1) is 0 Å². The quantitative estimate of drug-likeness (QED) is 0.822. The first-order valence-corrected chi connectivity index (χ1v) is 6.89. The van der Waals surface area contributed by atoms with Crippen LogP contribution in [-0.4, -0.2) is 46.7 Å². The fraction of sp³-hybridized carbons (Fsp3) is 0.333. The normalized spacial score (nSPS) is 16.0. The number of nitrogens with one attached hydrogen (secondary N) is 1. The minimum atomic E-state index is -1.11. The van der Waals surface area contributed by atoms with Crippen molar-refractivity contribution in [1.82, 2.24) is 10.3 Å². The van der Waals surface area contributed by atoms with E-state index in [0.29, 0.717) is 0 Å². The molecule has 0 saturated heterocycles. The largest absolute Gasteiger partial charge is 0.480 e. The maximum Gasteiger partial charge on any atom is 0.326 e. The van der Waals surface area contributed by atoms with E-state index in [2.05, 4.69) is 10.4 Å². The van der Waals surface area contributed by atoms with Gasteiger partial charge in [0.25, 0.3) is 5.91 Å². The molecule has 0 fully saturated rings. The lowest BCUT2D eigenvalue weighted by Gasteiger charge is -2.20. The number of nitrogens with zero attached hydrogens (tertiary/aromatic N) is 2. The molecule has 0 aliphatic carbocycles. The van der Waals surface area contributed by atoms with Crippen molar-refractivity contribution in [3.05, 3.63) is 35.9 Å². The highest BCUT2D eigenvalue weighted by Crippen LogP contribution is 2.08. The van der Waals surface area contributed by atoms with Gasteiger partial charge >= 0.3 is 5.97 Å². The molecule has 0 bridgehead atoms. The topological polar surface area (TPSA) is 99.1 Å². The van der Waals surface area contributed by atoms with Gasteiger partial charge in [-0.3, -0.25) is 9.59 Å². The van der Waals surface area contributed by atoms with Crippen LogP contribution >= 0.6 is 0 Å². The number of carboxylic acids is 1. The van der Waals surface area contributed by atoms with E-state index in [9.17, 15) is 19.5 Å². The summed E-state index contributed by atoms with van der Waals surface area (Å²) in [6, 6.07) is 8.00. The first kappa shape index (κ1) is 15.7. The summed E-state index contributed by atoms with van der Waals surface area (Å²) in [7, 11) is 1.47. The molecule has 7 nitrogen and oxygen atoms in total. The van der Waals surface area contributed by atoms with Crippen LogP contribution in [0.25, 0.3) is 0 Å². The standard InChI is InChI=1S/C15H17N3O4/c1-18-13(19)8-7-11(17-18)14(20)16-12(15(21)22)9-10-5-3-2-4-6-10/h2-6,12H,7-9H2,1H3,(H,16,20)(H,21,22)/t12-/m1/s1. The molecule has 22 heavy (non-hydrogen) atoms. The Hall–Kier alpha value is -2.70. The zero-order valence-corrected chi connectivity index (χ0v) is 12.2. The number of hydrogen-bond acceptors (Lipinski definition) is 4. The molecule has 0 spiro atoms. The predicted octanol–water partition coefficient (Wildman–Crippen LogP) is 0.407.